The third kappa shape index (κ3) is 6.53. The number of alkyl halides is 3. The Morgan fingerprint density at radius 3 is 2.27 bits per heavy atom. The maximum Gasteiger partial charge on any atom is 0.411 e. The highest BCUT2D eigenvalue weighted by molar-refractivity contribution is 5.31. The predicted octanol–water partition coefficient (Wildman–Crippen LogP) is 2.78. The molecule has 124 valence electrons. The first-order valence-electron chi connectivity index (χ1n) is 7.28. The molecule has 1 aliphatic heterocycles. The summed E-state index contributed by atoms with van der Waals surface area (Å²) in [6.45, 7) is 0.643. The van der Waals surface area contributed by atoms with Crippen molar-refractivity contribution in [2.24, 2.45) is 0 Å². The zero-order chi connectivity index (χ0) is 15.8. The standard InChI is InChI=1S/C15H20F3NO3/c16-15(17,18)11-20-9-10-21-12-1-3-13(4-2-12)22-14-5-7-19-8-6-14/h1-4,14,19H,5-11H2. The van der Waals surface area contributed by atoms with E-state index in [1.165, 1.54) is 0 Å². The summed E-state index contributed by atoms with van der Waals surface area (Å²) in [5, 5.41) is 3.27. The lowest BCUT2D eigenvalue weighted by Gasteiger charge is -2.23. The van der Waals surface area contributed by atoms with Crippen LogP contribution in [-0.2, 0) is 4.74 Å². The van der Waals surface area contributed by atoms with Gasteiger partial charge in [-0.3, -0.25) is 0 Å². The molecule has 1 N–H and O–H groups in total. The van der Waals surface area contributed by atoms with Crippen molar-refractivity contribution in [2.75, 3.05) is 32.9 Å². The molecule has 0 aliphatic carbocycles. The molecule has 1 fully saturated rings. The average molecular weight is 319 g/mol. The first-order chi connectivity index (χ1) is 10.5. The molecular weight excluding hydrogens is 299 g/mol. The van der Waals surface area contributed by atoms with Gasteiger partial charge in [0.1, 0.15) is 30.8 Å². The third-order valence-corrected chi connectivity index (χ3v) is 3.17. The average Bonchev–Trinajstić information content (AvgIpc) is 2.48. The molecule has 1 aromatic carbocycles. The van der Waals surface area contributed by atoms with Crippen LogP contribution in [0.1, 0.15) is 12.8 Å². The van der Waals surface area contributed by atoms with E-state index in [1.54, 1.807) is 24.3 Å². The van der Waals surface area contributed by atoms with Crippen molar-refractivity contribution in [2.45, 2.75) is 25.1 Å². The molecule has 2 rings (SSSR count). The van der Waals surface area contributed by atoms with Crippen molar-refractivity contribution in [3.05, 3.63) is 24.3 Å². The Morgan fingerprint density at radius 1 is 1.00 bits per heavy atom. The maximum atomic E-state index is 11.9. The molecule has 7 heteroatoms. The lowest BCUT2D eigenvalue weighted by Crippen LogP contribution is -2.34. The van der Waals surface area contributed by atoms with E-state index < -0.39 is 12.8 Å². The van der Waals surface area contributed by atoms with Crippen molar-refractivity contribution in [3.8, 4) is 11.5 Å². The maximum absolute atomic E-state index is 11.9. The molecule has 0 unspecified atom stereocenters. The molecule has 0 radical (unpaired) electrons. The summed E-state index contributed by atoms with van der Waals surface area (Å²) < 4.78 is 51.2. The highest BCUT2D eigenvalue weighted by Crippen LogP contribution is 2.21. The number of halogens is 3. The number of benzene rings is 1. The molecule has 1 aromatic rings. The topological polar surface area (TPSA) is 39.7 Å². The summed E-state index contributed by atoms with van der Waals surface area (Å²) in [6, 6.07) is 7.07. The second-order valence-electron chi connectivity index (χ2n) is 5.05. The second kappa shape index (κ2) is 8.24. The van der Waals surface area contributed by atoms with E-state index in [0.29, 0.717) is 5.75 Å². The molecule has 0 spiro atoms. The summed E-state index contributed by atoms with van der Waals surface area (Å²) in [6.07, 6.45) is -2.11. The van der Waals surface area contributed by atoms with Crippen molar-refractivity contribution in [1.29, 1.82) is 0 Å². The Bertz CT molecular complexity index is 431. The fraction of sp³-hybridized carbons (Fsp3) is 0.600. The minimum absolute atomic E-state index is 0.0740. The van der Waals surface area contributed by atoms with Gasteiger partial charge in [-0.25, -0.2) is 0 Å². The van der Waals surface area contributed by atoms with Crippen molar-refractivity contribution >= 4 is 0 Å². The second-order valence-corrected chi connectivity index (χ2v) is 5.05. The molecule has 0 amide bonds. The SMILES string of the molecule is FC(F)(F)COCCOc1ccc(OC2CCNCC2)cc1. The summed E-state index contributed by atoms with van der Waals surface area (Å²) in [5.41, 5.74) is 0. The minimum Gasteiger partial charge on any atom is -0.491 e. The van der Waals surface area contributed by atoms with E-state index in [2.05, 4.69) is 10.1 Å². The van der Waals surface area contributed by atoms with Crippen LogP contribution in [0.2, 0.25) is 0 Å². The fourth-order valence-electron chi connectivity index (χ4n) is 2.13. The number of hydrogen-bond donors (Lipinski definition) is 1. The number of piperidine rings is 1. The zero-order valence-corrected chi connectivity index (χ0v) is 12.2. The molecule has 0 saturated carbocycles. The molecule has 0 aromatic heterocycles. The smallest absolute Gasteiger partial charge is 0.411 e. The number of rotatable bonds is 7. The molecule has 0 atom stereocenters. The van der Waals surface area contributed by atoms with E-state index >= 15 is 0 Å². The third-order valence-electron chi connectivity index (χ3n) is 3.17. The first-order valence-corrected chi connectivity index (χ1v) is 7.28. The quantitative estimate of drug-likeness (QED) is 0.785. The van der Waals surface area contributed by atoms with Crippen LogP contribution in [0.4, 0.5) is 13.2 Å². The fourth-order valence-corrected chi connectivity index (χ4v) is 2.13. The van der Waals surface area contributed by atoms with Gasteiger partial charge in [0.15, 0.2) is 0 Å². The number of nitrogens with one attached hydrogen (secondary N) is 1. The van der Waals surface area contributed by atoms with Gasteiger partial charge in [0.05, 0.1) is 6.61 Å². The molecule has 1 aliphatic rings. The Hall–Kier alpha value is -1.47. The Morgan fingerprint density at radius 2 is 1.64 bits per heavy atom. The van der Waals surface area contributed by atoms with Crippen molar-refractivity contribution < 1.29 is 27.4 Å². The predicted molar refractivity (Wildman–Crippen MR) is 75.3 cm³/mol. The van der Waals surface area contributed by atoms with E-state index in [9.17, 15) is 13.2 Å². The molecular formula is C15H20F3NO3. The van der Waals surface area contributed by atoms with Gasteiger partial charge in [-0.2, -0.15) is 13.2 Å². The Balaban J connectivity index is 1.66. The van der Waals surface area contributed by atoms with Gasteiger partial charge in [-0.15, -0.1) is 0 Å². The summed E-state index contributed by atoms with van der Waals surface area (Å²) in [7, 11) is 0. The zero-order valence-electron chi connectivity index (χ0n) is 12.2. The van der Waals surface area contributed by atoms with Crippen molar-refractivity contribution in [3.63, 3.8) is 0 Å². The summed E-state index contributed by atoms with van der Waals surface area (Å²) in [5.74, 6) is 1.35. The normalized spacial score (nSPS) is 16.5. The Kier molecular flexibility index (Phi) is 6.33. The van der Waals surface area contributed by atoms with Crippen LogP contribution in [0.25, 0.3) is 0 Å². The van der Waals surface area contributed by atoms with E-state index in [0.717, 1.165) is 31.7 Å². The van der Waals surface area contributed by atoms with Crippen LogP contribution in [0.3, 0.4) is 0 Å². The van der Waals surface area contributed by atoms with Gasteiger partial charge in [0.25, 0.3) is 0 Å². The van der Waals surface area contributed by atoms with Gasteiger partial charge in [-0.1, -0.05) is 0 Å². The highest BCUT2D eigenvalue weighted by Gasteiger charge is 2.27. The first kappa shape index (κ1) is 16.9. The number of ether oxygens (including phenoxy) is 3. The van der Waals surface area contributed by atoms with Gasteiger partial charge in [0.2, 0.25) is 0 Å². The van der Waals surface area contributed by atoms with E-state index in [4.69, 9.17) is 9.47 Å². The van der Waals surface area contributed by atoms with Crippen LogP contribution in [0.5, 0.6) is 11.5 Å². The summed E-state index contributed by atoms with van der Waals surface area (Å²) >= 11 is 0. The lowest BCUT2D eigenvalue weighted by molar-refractivity contribution is -0.175. The van der Waals surface area contributed by atoms with Crippen molar-refractivity contribution in [1.82, 2.24) is 5.32 Å². The molecule has 4 nitrogen and oxygen atoms in total. The molecule has 1 heterocycles. The van der Waals surface area contributed by atoms with Gasteiger partial charge in [-0.05, 0) is 50.2 Å². The molecule has 0 bridgehead atoms. The minimum atomic E-state index is -4.30. The van der Waals surface area contributed by atoms with Crippen LogP contribution in [0, 0.1) is 0 Å². The van der Waals surface area contributed by atoms with Crippen LogP contribution in [-0.4, -0.2) is 45.2 Å². The van der Waals surface area contributed by atoms with E-state index in [-0.39, 0.29) is 19.3 Å². The summed E-state index contributed by atoms with van der Waals surface area (Å²) in [4.78, 5) is 0. The van der Waals surface area contributed by atoms with Gasteiger partial charge < -0.3 is 19.5 Å². The molecule has 1 saturated heterocycles. The lowest BCUT2D eigenvalue weighted by atomic mass is 10.1. The van der Waals surface area contributed by atoms with E-state index in [1.807, 2.05) is 0 Å². The van der Waals surface area contributed by atoms with Crippen LogP contribution >= 0.6 is 0 Å². The number of hydrogen-bond acceptors (Lipinski definition) is 4. The highest BCUT2D eigenvalue weighted by atomic mass is 19.4. The Labute approximate surface area is 127 Å². The molecule has 22 heavy (non-hydrogen) atoms. The van der Waals surface area contributed by atoms with Crippen LogP contribution in [0.15, 0.2) is 24.3 Å². The van der Waals surface area contributed by atoms with Crippen LogP contribution < -0.4 is 14.8 Å². The van der Waals surface area contributed by atoms with Gasteiger partial charge >= 0.3 is 6.18 Å². The van der Waals surface area contributed by atoms with Gasteiger partial charge in [0, 0.05) is 0 Å². The monoisotopic (exact) mass is 319 g/mol. The largest absolute Gasteiger partial charge is 0.491 e.